The third kappa shape index (κ3) is 3.07. The summed E-state index contributed by atoms with van der Waals surface area (Å²) in [6.45, 7) is 7.09. The quantitative estimate of drug-likeness (QED) is 0.619. The molecule has 1 aromatic carbocycles. The molecule has 5 heteroatoms. The number of benzene rings is 1. The van der Waals surface area contributed by atoms with Gasteiger partial charge in [-0.25, -0.2) is 9.59 Å². The normalized spacial score (nSPS) is 15.7. The van der Waals surface area contributed by atoms with Crippen LogP contribution in [0.3, 0.4) is 0 Å². The van der Waals surface area contributed by atoms with E-state index in [-0.39, 0.29) is 5.76 Å². The maximum atomic E-state index is 12.0. The number of fused-ring (bicyclic) bond motifs is 1. The number of esters is 2. The first-order valence-electron chi connectivity index (χ1n) is 6.58. The molecule has 0 aromatic heterocycles. The SMILES string of the molecule is COc1ccc2c(c1C)C(=O)O/C2=C/C(=O)OC(C)(C)C. The van der Waals surface area contributed by atoms with Gasteiger partial charge in [0.25, 0.3) is 0 Å². The van der Waals surface area contributed by atoms with Gasteiger partial charge in [-0.1, -0.05) is 0 Å². The van der Waals surface area contributed by atoms with Gasteiger partial charge in [0.1, 0.15) is 17.1 Å². The van der Waals surface area contributed by atoms with E-state index in [0.717, 1.165) is 0 Å². The summed E-state index contributed by atoms with van der Waals surface area (Å²) in [5.74, 6) is -0.234. The second-order valence-corrected chi connectivity index (χ2v) is 5.75. The van der Waals surface area contributed by atoms with Crippen LogP contribution in [0.15, 0.2) is 18.2 Å². The molecule has 0 spiro atoms. The standard InChI is InChI=1S/C16H18O5/c1-9-11(19-5)7-6-10-12(20-15(18)14(9)10)8-13(17)21-16(2,3)4/h6-8H,1-5H3/b12-8+. The van der Waals surface area contributed by atoms with E-state index in [0.29, 0.717) is 22.4 Å². The lowest BCUT2D eigenvalue weighted by molar-refractivity contribution is -0.148. The van der Waals surface area contributed by atoms with Gasteiger partial charge < -0.3 is 14.2 Å². The average Bonchev–Trinajstić information content (AvgIpc) is 2.64. The van der Waals surface area contributed by atoms with Gasteiger partial charge in [-0.2, -0.15) is 0 Å². The molecule has 0 atom stereocenters. The Kier molecular flexibility index (Phi) is 3.77. The Bertz CT molecular complexity index is 635. The molecule has 0 unspecified atom stereocenters. The van der Waals surface area contributed by atoms with E-state index in [1.807, 2.05) is 0 Å². The molecule has 2 rings (SSSR count). The second kappa shape index (κ2) is 5.24. The Morgan fingerprint density at radius 2 is 1.95 bits per heavy atom. The van der Waals surface area contributed by atoms with Crippen LogP contribution in [-0.4, -0.2) is 24.6 Å². The molecule has 1 aromatic rings. The van der Waals surface area contributed by atoms with Crippen LogP contribution in [0.4, 0.5) is 0 Å². The number of carbonyl (C=O) groups is 2. The minimum absolute atomic E-state index is 0.204. The largest absolute Gasteiger partial charge is 0.496 e. The van der Waals surface area contributed by atoms with E-state index >= 15 is 0 Å². The Morgan fingerprint density at radius 3 is 2.52 bits per heavy atom. The summed E-state index contributed by atoms with van der Waals surface area (Å²) in [5.41, 5.74) is 1.08. The van der Waals surface area contributed by atoms with Crippen LogP contribution < -0.4 is 4.74 Å². The lowest BCUT2D eigenvalue weighted by Crippen LogP contribution is -2.22. The van der Waals surface area contributed by atoms with E-state index in [2.05, 4.69) is 0 Å². The summed E-state index contributed by atoms with van der Waals surface area (Å²) in [7, 11) is 1.53. The molecule has 0 N–H and O–H groups in total. The van der Waals surface area contributed by atoms with Crippen LogP contribution in [0.25, 0.3) is 5.76 Å². The maximum Gasteiger partial charge on any atom is 0.344 e. The predicted molar refractivity (Wildman–Crippen MR) is 77.0 cm³/mol. The molecule has 1 aliphatic rings. The number of cyclic esters (lactones) is 1. The average molecular weight is 290 g/mol. The number of methoxy groups -OCH3 is 1. The number of hydrogen-bond acceptors (Lipinski definition) is 5. The second-order valence-electron chi connectivity index (χ2n) is 5.75. The van der Waals surface area contributed by atoms with Gasteiger partial charge in [0, 0.05) is 11.1 Å². The summed E-state index contributed by atoms with van der Waals surface area (Å²) in [6, 6.07) is 3.43. The van der Waals surface area contributed by atoms with Crippen molar-refractivity contribution in [2.75, 3.05) is 7.11 Å². The summed E-state index contributed by atoms with van der Waals surface area (Å²) >= 11 is 0. The first-order chi connectivity index (χ1) is 9.73. The van der Waals surface area contributed by atoms with Crippen LogP contribution in [0.1, 0.15) is 42.3 Å². The Hall–Kier alpha value is -2.30. The number of rotatable bonds is 2. The summed E-state index contributed by atoms with van der Waals surface area (Å²) in [6.07, 6.45) is 1.20. The number of ether oxygens (including phenoxy) is 3. The highest BCUT2D eigenvalue weighted by Crippen LogP contribution is 2.35. The summed E-state index contributed by atoms with van der Waals surface area (Å²) in [5, 5.41) is 0. The minimum Gasteiger partial charge on any atom is -0.496 e. The van der Waals surface area contributed by atoms with Crippen LogP contribution in [-0.2, 0) is 14.3 Å². The van der Waals surface area contributed by atoms with Crippen molar-refractivity contribution in [3.8, 4) is 5.75 Å². The van der Waals surface area contributed by atoms with Crippen LogP contribution in [0.2, 0.25) is 0 Å². The van der Waals surface area contributed by atoms with Gasteiger partial charge >= 0.3 is 11.9 Å². The molecule has 0 saturated heterocycles. The van der Waals surface area contributed by atoms with Crippen molar-refractivity contribution in [2.24, 2.45) is 0 Å². The van der Waals surface area contributed by atoms with Gasteiger partial charge in [-0.05, 0) is 39.8 Å². The molecule has 0 aliphatic carbocycles. The van der Waals surface area contributed by atoms with Crippen LogP contribution >= 0.6 is 0 Å². The lowest BCUT2D eigenvalue weighted by atomic mass is 10.0. The van der Waals surface area contributed by atoms with Gasteiger partial charge in [0.15, 0.2) is 0 Å². The van der Waals surface area contributed by atoms with Crippen molar-refractivity contribution in [1.29, 1.82) is 0 Å². The third-order valence-electron chi connectivity index (χ3n) is 2.96. The fourth-order valence-electron chi connectivity index (χ4n) is 2.13. The van der Waals surface area contributed by atoms with Gasteiger partial charge in [0.2, 0.25) is 0 Å². The van der Waals surface area contributed by atoms with Crippen molar-refractivity contribution in [3.05, 3.63) is 34.9 Å². The smallest absolute Gasteiger partial charge is 0.344 e. The summed E-state index contributed by atoms with van der Waals surface area (Å²) < 4.78 is 15.5. The monoisotopic (exact) mass is 290 g/mol. The summed E-state index contributed by atoms with van der Waals surface area (Å²) in [4.78, 5) is 23.8. The first-order valence-corrected chi connectivity index (χ1v) is 6.58. The van der Waals surface area contributed by atoms with E-state index in [1.165, 1.54) is 13.2 Å². The number of hydrogen-bond donors (Lipinski definition) is 0. The molecule has 0 amide bonds. The highest BCUT2D eigenvalue weighted by Gasteiger charge is 2.31. The van der Waals surface area contributed by atoms with Crippen LogP contribution in [0, 0.1) is 6.92 Å². The zero-order valence-corrected chi connectivity index (χ0v) is 12.8. The zero-order chi connectivity index (χ0) is 15.8. The van der Waals surface area contributed by atoms with Crippen molar-refractivity contribution in [2.45, 2.75) is 33.3 Å². The molecule has 5 nitrogen and oxygen atoms in total. The molecule has 0 fully saturated rings. The maximum absolute atomic E-state index is 12.0. The predicted octanol–water partition coefficient (Wildman–Crippen LogP) is 2.86. The minimum atomic E-state index is -0.602. The molecular weight excluding hydrogens is 272 g/mol. The van der Waals surface area contributed by atoms with Crippen molar-refractivity contribution < 1.29 is 23.8 Å². The molecule has 1 aliphatic heterocycles. The molecule has 0 saturated carbocycles. The first kappa shape index (κ1) is 15.1. The molecule has 0 bridgehead atoms. The third-order valence-corrected chi connectivity index (χ3v) is 2.96. The Balaban J connectivity index is 2.39. The Labute approximate surface area is 123 Å². The molecule has 1 heterocycles. The van der Waals surface area contributed by atoms with E-state index in [4.69, 9.17) is 14.2 Å². The van der Waals surface area contributed by atoms with E-state index < -0.39 is 17.5 Å². The van der Waals surface area contributed by atoms with Crippen molar-refractivity contribution >= 4 is 17.7 Å². The van der Waals surface area contributed by atoms with Crippen LogP contribution in [0.5, 0.6) is 5.75 Å². The molecular formula is C16H18O5. The Morgan fingerprint density at radius 1 is 1.29 bits per heavy atom. The fraction of sp³-hybridized carbons (Fsp3) is 0.375. The van der Waals surface area contributed by atoms with Gasteiger partial charge in [-0.15, -0.1) is 0 Å². The topological polar surface area (TPSA) is 61.8 Å². The van der Waals surface area contributed by atoms with E-state index in [1.54, 1.807) is 39.8 Å². The fourth-order valence-corrected chi connectivity index (χ4v) is 2.13. The van der Waals surface area contributed by atoms with E-state index in [9.17, 15) is 9.59 Å². The molecule has 112 valence electrons. The lowest BCUT2D eigenvalue weighted by Gasteiger charge is -2.18. The zero-order valence-electron chi connectivity index (χ0n) is 12.8. The highest BCUT2D eigenvalue weighted by molar-refractivity contribution is 6.07. The molecule has 0 radical (unpaired) electrons. The van der Waals surface area contributed by atoms with Crippen molar-refractivity contribution in [3.63, 3.8) is 0 Å². The molecule has 21 heavy (non-hydrogen) atoms. The number of carbonyl (C=O) groups excluding carboxylic acids is 2. The van der Waals surface area contributed by atoms with Gasteiger partial charge in [0.05, 0.1) is 18.7 Å². The van der Waals surface area contributed by atoms with Gasteiger partial charge in [-0.3, -0.25) is 0 Å². The van der Waals surface area contributed by atoms with Crippen molar-refractivity contribution in [1.82, 2.24) is 0 Å². The highest BCUT2D eigenvalue weighted by atomic mass is 16.6.